The number of hydrogen-bond donors (Lipinski definition) is 1. The molecule has 4 heteroatoms. The van der Waals surface area contributed by atoms with Crippen molar-refractivity contribution in [2.45, 2.75) is 39.0 Å². The molecule has 0 bridgehead atoms. The van der Waals surface area contributed by atoms with Crippen LogP contribution in [0.15, 0.2) is 0 Å². The molecule has 0 aliphatic carbocycles. The number of carbonyl (C=O) groups is 1. The van der Waals surface area contributed by atoms with Gasteiger partial charge in [-0.15, -0.1) is 0 Å². The molecule has 0 saturated heterocycles. The lowest BCUT2D eigenvalue weighted by Crippen LogP contribution is -2.30. The second-order valence-corrected chi connectivity index (χ2v) is 3.81. The maximum absolute atomic E-state index is 11.5. The van der Waals surface area contributed by atoms with Gasteiger partial charge >= 0.3 is 0 Å². The summed E-state index contributed by atoms with van der Waals surface area (Å²) in [5.41, 5.74) is 0. The van der Waals surface area contributed by atoms with Gasteiger partial charge in [0.15, 0.2) is 0 Å². The van der Waals surface area contributed by atoms with E-state index >= 15 is 0 Å². The predicted octanol–water partition coefficient (Wildman–Crippen LogP) is 1.86. The van der Waals surface area contributed by atoms with Gasteiger partial charge < -0.3 is 10.1 Å². The summed E-state index contributed by atoms with van der Waals surface area (Å²) in [6, 6.07) is 2.03. The van der Waals surface area contributed by atoms with E-state index in [4.69, 9.17) is 10.00 Å². The molecule has 0 radical (unpaired) electrons. The molecule has 0 spiro atoms. The third-order valence-corrected chi connectivity index (χ3v) is 2.37. The number of nitrogens with one attached hydrogen (secondary N) is 1. The van der Waals surface area contributed by atoms with Gasteiger partial charge in [0, 0.05) is 20.3 Å². The van der Waals surface area contributed by atoms with Crippen LogP contribution in [0.1, 0.15) is 39.0 Å². The molecule has 1 N–H and O–H groups in total. The summed E-state index contributed by atoms with van der Waals surface area (Å²) in [5, 5.41) is 11.6. The molecule has 1 amide bonds. The van der Waals surface area contributed by atoms with Gasteiger partial charge in [-0.1, -0.05) is 13.3 Å². The molecule has 16 heavy (non-hydrogen) atoms. The lowest BCUT2D eigenvalue weighted by molar-refractivity contribution is -0.123. The van der Waals surface area contributed by atoms with Crippen LogP contribution in [0.3, 0.4) is 0 Å². The summed E-state index contributed by atoms with van der Waals surface area (Å²) in [6.07, 6.45) is 4.51. The van der Waals surface area contributed by atoms with Crippen LogP contribution in [0.2, 0.25) is 0 Å². The Morgan fingerprint density at radius 1 is 1.44 bits per heavy atom. The first kappa shape index (κ1) is 14.9. The van der Waals surface area contributed by atoms with Gasteiger partial charge in [-0.25, -0.2) is 0 Å². The van der Waals surface area contributed by atoms with Gasteiger partial charge in [0.25, 0.3) is 0 Å². The Kier molecular flexibility index (Phi) is 9.73. The van der Waals surface area contributed by atoms with E-state index in [9.17, 15) is 4.79 Å². The zero-order valence-corrected chi connectivity index (χ0v) is 10.3. The van der Waals surface area contributed by atoms with Crippen molar-refractivity contribution in [3.63, 3.8) is 0 Å². The van der Waals surface area contributed by atoms with Crippen molar-refractivity contribution in [3.05, 3.63) is 0 Å². The Labute approximate surface area is 98.0 Å². The van der Waals surface area contributed by atoms with Gasteiger partial charge in [0.05, 0.1) is 6.07 Å². The standard InChI is InChI=1S/C12H22N2O2/c1-3-7-11(10-13)12(15)14-8-5-4-6-9-16-2/h11H,3-9H2,1-2H3,(H,14,15). The zero-order chi connectivity index (χ0) is 12.2. The Morgan fingerprint density at radius 2 is 2.19 bits per heavy atom. The lowest BCUT2D eigenvalue weighted by Gasteiger charge is -2.08. The van der Waals surface area contributed by atoms with Crippen LogP contribution in [-0.2, 0) is 9.53 Å². The Balaban J connectivity index is 3.53. The van der Waals surface area contributed by atoms with E-state index in [1.807, 2.05) is 13.0 Å². The van der Waals surface area contributed by atoms with Gasteiger partial charge in [-0.2, -0.15) is 5.26 Å². The molecule has 4 nitrogen and oxygen atoms in total. The van der Waals surface area contributed by atoms with Crippen LogP contribution in [0, 0.1) is 17.2 Å². The molecule has 0 aliphatic heterocycles. The maximum Gasteiger partial charge on any atom is 0.237 e. The van der Waals surface area contributed by atoms with E-state index in [0.717, 1.165) is 32.3 Å². The summed E-state index contributed by atoms with van der Waals surface area (Å²) >= 11 is 0. The molecule has 0 aromatic heterocycles. The van der Waals surface area contributed by atoms with Crippen molar-refractivity contribution in [1.29, 1.82) is 5.26 Å². The number of carbonyl (C=O) groups excluding carboxylic acids is 1. The first-order valence-electron chi connectivity index (χ1n) is 5.92. The molecule has 0 heterocycles. The highest BCUT2D eigenvalue weighted by atomic mass is 16.5. The molecular formula is C12H22N2O2. The minimum atomic E-state index is -0.482. The zero-order valence-electron chi connectivity index (χ0n) is 10.3. The van der Waals surface area contributed by atoms with Crippen molar-refractivity contribution in [1.82, 2.24) is 5.32 Å². The van der Waals surface area contributed by atoms with Crippen LogP contribution in [0.25, 0.3) is 0 Å². The largest absolute Gasteiger partial charge is 0.385 e. The number of methoxy groups -OCH3 is 1. The van der Waals surface area contributed by atoms with E-state index in [0.29, 0.717) is 13.0 Å². The number of nitriles is 1. The van der Waals surface area contributed by atoms with Crippen LogP contribution >= 0.6 is 0 Å². The van der Waals surface area contributed by atoms with E-state index in [1.54, 1.807) is 7.11 Å². The van der Waals surface area contributed by atoms with Crippen molar-refractivity contribution >= 4 is 5.91 Å². The summed E-state index contributed by atoms with van der Waals surface area (Å²) in [4.78, 5) is 11.5. The smallest absolute Gasteiger partial charge is 0.237 e. The number of amides is 1. The Morgan fingerprint density at radius 3 is 2.75 bits per heavy atom. The van der Waals surface area contributed by atoms with Gasteiger partial charge in [-0.05, 0) is 25.7 Å². The Bertz CT molecular complexity index is 224. The van der Waals surface area contributed by atoms with Gasteiger partial charge in [-0.3, -0.25) is 4.79 Å². The summed E-state index contributed by atoms with van der Waals surface area (Å²) in [6.45, 7) is 3.40. The van der Waals surface area contributed by atoms with Crippen LogP contribution in [-0.4, -0.2) is 26.2 Å². The highest BCUT2D eigenvalue weighted by Gasteiger charge is 2.15. The highest BCUT2D eigenvalue weighted by molar-refractivity contribution is 5.80. The van der Waals surface area contributed by atoms with Crippen LogP contribution in [0.5, 0.6) is 0 Å². The van der Waals surface area contributed by atoms with Crippen LogP contribution in [0.4, 0.5) is 0 Å². The lowest BCUT2D eigenvalue weighted by atomic mass is 10.0. The number of rotatable bonds is 9. The average molecular weight is 226 g/mol. The topological polar surface area (TPSA) is 62.1 Å². The molecule has 1 atom stereocenters. The Hall–Kier alpha value is -1.08. The molecule has 0 rings (SSSR count). The van der Waals surface area contributed by atoms with Crippen LogP contribution < -0.4 is 5.32 Å². The normalized spacial score (nSPS) is 11.8. The number of ether oxygens (including phenoxy) is 1. The third-order valence-electron chi connectivity index (χ3n) is 2.37. The first-order valence-corrected chi connectivity index (χ1v) is 5.92. The van der Waals surface area contributed by atoms with Crippen molar-refractivity contribution in [2.24, 2.45) is 5.92 Å². The van der Waals surface area contributed by atoms with Gasteiger partial charge in [0.1, 0.15) is 5.92 Å². The molecule has 0 aliphatic rings. The maximum atomic E-state index is 11.5. The second kappa shape index (κ2) is 10.4. The molecule has 0 aromatic rings. The number of nitrogens with zero attached hydrogens (tertiary/aromatic N) is 1. The first-order chi connectivity index (χ1) is 7.76. The fourth-order valence-corrected chi connectivity index (χ4v) is 1.43. The fraction of sp³-hybridized carbons (Fsp3) is 0.833. The number of unbranched alkanes of at least 4 members (excludes halogenated alkanes) is 2. The molecule has 0 fully saturated rings. The summed E-state index contributed by atoms with van der Waals surface area (Å²) < 4.78 is 4.93. The molecule has 1 unspecified atom stereocenters. The quantitative estimate of drug-likeness (QED) is 0.610. The van der Waals surface area contributed by atoms with E-state index in [-0.39, 0.29) is 5.91 Å². The molecule has 0 aromatic carbocycles. The number of hydrogen-bond acceptors (Lipinski definition) is 3. The third kappa shape index (κ3) is 7.24. The van der Waals surface area contributed by atoms with E-state index in [2.05, 4.69) is 5.32 Å². The van der Waals surface area contributed by atoms with Gasteiger partial charge in [0.2, 0.25) is 5.91 Å². The van der Waals surface area contributed by atoms with Crippen molar-refractivity contribution < 1.29 is 9.53 Å². The highest BCUT2D eigenvalue weighted by Crippen LogP contribution is 2.04. The van der Waals surface area contributed by atoms with E-state index < -0.39 is 5.92 Å². The summed E-state index contributed by atoms with van der Waals surface area (Å²) in [7, 11) is 1.68. The van der Waals surface area contributed by atoms with E-state index in [1.165, 1.54) is 0 Å². The molecular weight excluding hydrogens is 204 g/mol. The molecule has 0 saturated carbocycles. The van der Waals surface area contributed by atoms with Crippen molar-refractivity contribution in [2.75, 3.05) is 20.3 Å². The minimum absolute atomic E-state index is 0.129. The minimum Gasteiger partial charge on any atom is -0.385 e. The SMILES string of the molecule is CCCC(C#N)C(=O)NCCCCCOC. The second-order valence-electron chi connectivity index (χ2n) is 3.81. The average Bonchev–Trinajstić information content (AvgIpc) is 2.30. The monoisotopic (exact) mass is 226 g/mol. The molecule has 92 valence electrons. The predicted molar refractivity (Wildman–Crippen MR) is 62.7 cm³/mol. The fourth-order valence-electron chi connectivity index (χ4n) is 1.43. The summed E-state index contributed by atoms with van der Waals surface area (Å²) in [5.74, 6) is -0.611. The van der Waals surface area contributed by atoms with Crippen molar-refractivity contribution in [3.8, 4) is 6.07 Å².